The lowest BCUT2D eigenvalue weighted by Gasteiger charge is -2.08. The van der Waals surface area contributed by atoms with Gasteiger partial charge in [-0.2, -0.15) is 5.10 Å². The van der Waals surface area contributed by atoms with Gasteiger partial charge in [-0.1, -0.05) is 12.1 Å². The van der Waals surface area contributed by atoms with E-state index in [0.29, 0.717) is 23.6 Å². The summed E-state index contributed by atoms with van der Waals surface area (Å²) in [5.74, 6) is 0.343. The van der Waals surface area contributed by atoms with Crippen molar-refractivity contribution in [3.05, 3.63) is 46.0 Å². The Morgan fingerprint density at radius 2 is 1.63 bits per heavy atom. The molecule has 100 valence electrons. The first-order chi connectivity index (χ1) is 8.97. The third kappa shape index (κ3) is 3.05. The van der Waals surface area contributed by atoms with Crippen molar-refractivity contribution in [3.8, 4) is 0 Å². The normalized spacial score (nSPS) is 10.6. The summed E-state index contributed by atoms with van der Waals surface area (Å²) in [4.78, 5) is 4.29. The van der Waals surface area contributed by atoms with Gasteiger partial charge in [0.25, 0.3) is 0 Å². The van der Waals surface area contributed by atoms with Crippen LogP contribution in [0.25, 0.3) is 0 Å². The van der Waals surface area contributed by atoms with E-state index in [1.165, 1.54) is 0 Å². The lowest BCUT2D eigenvalue weighted by Crippen LogP contribution is -2.07. The highest BCUT2D eigenvalue weighted by Crippen LogP contribution is 2.15. The number of hydrogen-bond donors (Lipinski definition) is 1. The number of aryl methyl sites for hydroxylation is 4. The summed E-state index contributed by atoms with van der Waals surface area (Å²) in [5.41, 5.74) is 3.97. The molecule has 1 aromatic carbocycles. The minimum atomic E-state index is -0.146. The Balaban J connectivity index is 2.12. The van der Waals surface area contributed by atoms with Gasteiger partial charge in [0.2, 0.25) is 5.95 Å². The van der Waals surface area contributed by atoms with E-state index in [0.717, 1.165) is 17.0 Å². The van der Waals surface area contributed by atoms with E-state index in [-0.39, 0.29) is 5.82 Å². The van der Waals surface area contributed by atoms with Gasteiger partial charge in [-0.05, 0) is 44.4 Å². The lowest BCUT2D eigenvalue weighted by atomic mass is 10.1. The van der Waals surface area contributed by atoms with Gasteiger partial charge in [-0.3, -0.25) is 0 Å². The molecule has 5 heteroatoms. The lowest BCUT2D eigenvalue weighted by molar-refractivity contribution is 0.608. The average Bonchev–Trinajstić information content (AvgIpc) is 2.37. The first-order valence-corrected chi connectivity index (χ1v) is 6.15. The van der Waals surface area contributed by atoms with Crippen LogP contribution in [0.1, 0.15) is 28.1 Å². The van der Waals surface area contributed by atoms with E-state index in [1.54, 1.807) is 13.8 Å². The molecular formula is C14H17FN4. The predicted octanol–water partition coefficient (Wildman–Crippen LogP) is 2.86. The van der Waals surface area contributed by atoms with Crippen LogP contribution in [0.15, 0.2) is 12.1 Å². The van der Waals surface area contributed by atoms with Gasteiger partial charge >= 0.3 is 0 Å². The zero-order valence-corrected chi connectivity index (χ0v) is 11.6. The SMILES string of the molecule is Cc1cc(CNc2nnc(C)c(C)n2)cc(C)c1F. The highest BCUT2D eigenvalue weighted by molar-refractivity contribution is 5.33. The van der Waals surface area contributed by atoms with Crippen molar-refractivity contribution in [2.24, 2.45) is 0 Å². The molecule has 2 aromatic rings. The topological polar surface area (TPSA) is 50.7 Å². The summed E-state index contributed by atoms with van der Waals surface area (Å²) in [6.07, 6.45) is 0. The molecule has 1 aromatic heterocycles. The average molecular weight is 260 g/mol. The molecule has 0 aliphatic heterocycles. The molecule has 0 atom stereocenters. The van der Waals surface area contributed by atoms with Crippen molar-refractivity contribution >= 4 is 5.95 Å². The van der Waals surface area contributed by atoms with Gasteiger partial charge in [0.05, 0.1) is 11.4 Å². The third-order valence-corrected chi connectivity index (χ3v) is 3.04. The summed E-state index contributed by atoms with van der Waals surface area (Å²) in [5, 5.41) is 11.1. The van der Waals surface area contributed by atoms with E-state index in [1.807, 2.05) is 26.0 Å². The quantitative estimate of drug-likeness (QED) is 0.922. The van der Waals surface area contributed by atoms with Gasteiger partial charge in [-0.15, -0.1) is 5.10 Å². The summed E-state index contributed by atoms with van der Waals surface area (Å²) in [6, 6.07) is 3.65. The third-order valence-electron chi connectivity index (χ3n) is 3.04. The smallest absolute Gasteiger partial charge is 0.243 e. The molecule has 0 aliphatic carbocycles. The van der Waals surface area contributed by atoms with Crippen LogP contribution in [0, 0.1) is 33.5 Å². The van der Waals surface area contributed by atoms with Crippen LogP contribution in [0.5, 0.6) is 0 Å². The first kappa shape index (κ1) is 13.4. The van der Waals surface area contributed by atoms with Crippen LogP contribution in [0.3, 0.4) is 0 Å². The Bertz CT molecular complexity index is 587. The minimum absolute atomic E-state index is 0.146. The zero-order valence-electron chi connectivity index (χ0n) is 11.6. The summed E-state index contributed by atoms with van der Waals surface area (Å²) in [7, 11) is 0. The molecule has 1 N–H and O–H groups in total. The highest BCUT2D eigenvalue weighted by atomic mass is 19.1. The molecule has 0 unspecified atom stereocenters. The van der Waals surface area contributed by atoms with Crippen molar-refractivity contribution in [2.45, 2.75) is 34.2 Å². The molecule has 0 radical (unpaired) electrons. The van der Waals surface area contributed by atoms with Gasteiger partial charge in [-0.25, -0.2) is 9.37 Å². The molecule has 1 heterocycles. The van der Waals surface area contributed by atoms with E-state index in [4.69, 9.17) is 0 Å². The summed E-state index contributed by atoms with van der Waals surface area (Å²) < 4.78 is 13.5. The van der Waals surface area contributed by atoms with Crippen molar-refractivity contribution in [2.75, 3.05) is 5.32 Å². The molecule has 0 aliphatic rings. The summed E-state index contributed by atoms with van der Waals surface area (Å²) >= 11 is 0. The van der Waals surface area contributed by atoms with Gasteiger partial charge in [0.15, 0.2) is 0 Å². The Morgan fingerprint density at radius 1 is 1.00 bits per heavy atom. The highest BCUT2D eigenvalue weighted by Gasteiger charge is 2.05. The maximum atomic E-state index is 13.5. The molecule has 4 nitrogen and oxygen atoms in total. The van der Waals surface area contributed by atoms with Crippen molar-refractivity contribution < 1.29 is 4.39 Å². The number of nitrogens with one attached hydrogen (secondary N) is 1. The van der Waals surface area contributed by atoms with Crippen LogP contribution in [0.4, 0.5) is 10.3 Å². The summed E-state index contributed by atoms with van der Waals surface area (Å²) in [6.45, 7) is 7.83. The van der Waals surface area contributed by atoms with Crippen LogP contribution in [-0.4, -0.2) is 15.2 Å². The van der Waals surface area contributed by atoms with E-state index in [9.17, 15) is 4.39 Å². The zero-order chi connectivity index (χ0) is 14.0. The monoisotopic (exact) mass is 260 g/mol. The fourth-order valence-corrected chi connectivity index (χ4v) is 1.85. The number of anilines is 1. The Morgan fingerprint density at radius 3 is 2.21 bits per heavy atom. The molecule has 0 spiro atoms. The molecule has 2 rings (SSSR count). The molecule has 0 saturated heterocycles. The van der Waals surface area contributed by atoms with Crippen LogP contribution < -0.4 is 5.32 Å². The van der Waals surface area contributed by atoms with E-state index in [2.05, 4.69) is 20.5 Å². The number of halogens is 1. The fourth-order valence-electron chi connectivity index (χ4n) is 1.85. The van der Waals surface area contributed by atoms with E-state index < -0.39 is 0 Å². The van der Waals surface area contributed by atoms with E-state index >= 15 is 0 Å². The van der Waals surface area contributed by atoms with Crippen LogP contribution in [-0.2, 0) is 6.54 Å². The van der Waals surface area contributed by atoms with Gasteiger partial charge < -0.3 is 5.32 Å². The van der Waals surface area contributed by atoms with Crippen molar-refractivity contribution in [1.29, 1.82) is 0 Å². The first-order valence-electron chi connectivity index (χ1n) is 6.15. The minimum Gasteiger partial charge on any atom is -0.349 e. The van der Waals surface area contributed by atoms with Gasteiger partial charge in [0.1, 0.15) is 5.82 Å². The second-order valence-electron chi connectivity index (χ2n) is 4.70. The number of rotatable bonds is 3. The maximum absolute atomic E-state index is 13.5. The molecule has 0 bridgehead atoms. The van der Waals surface area contributed by atoms with Crippen molar-refractivity contribution in [1.82, 2.24) is 15.2 Å². The fraction of sp³-hybridized carbons (Fsp3) is 0.357. The van der Waals surface area contributed by atoms with Crippen LogP contribution in [0.2, 0.25) is 0 Å². The van der Waals surface area contributed by atoms with Crippen molar-refractivity contribution in [3.63, 3.8) is 0 Å². The van der Waals surface area contributed by atoms with Crippen LogP contribution >= 0.6 is 0 Å². The standard InChI is InChI=1S/C14H17FN4/c1-8-5-12(6-9(2)13(8)15)7-16-14-17-10(3)11(4)18-19-14/h5-6H,7H2,1-4H3,(H,16,17,19). The predicted molar refractivity (Wildman–Crippen MR) is 72.5 cm³/mol. The Hall–Kier alpha value is -2.04. The molecular weight excluding hydrogens is 243 g/mol. The number of hydrogen-bond acceptors (Lipinski definition) is 4. The maximum Gasteiger partial charge on any atom is 0.243 e. The Labute approximate surface area is 112 Å². The number of benzene rings is 1. The second kappa shape index (κ2) is 5.30. The largest absolute Gasteiger partial charge is 0.349 e. The Kier molecular flexibility index (Phi) is 3.74. The second-order valence-corrected chi connectivity index (χ2v) is 4.70. The molecule has 19 heavy (non-hydrogen) atoms. The number of aromatic nitrogens is 3. The molecule has 0 amide bonds. The van der Waals surface area contributed by atoms with Gasteiger partial charge in [0, 0.05) is 6.54 Å². The number of nitrogens with zero attached hydrogens (tertiary/aromatic N) is 3. The molecule has 0 saturated carbocycles. The molecule has 0 fully saturated rings.